The van der Waals surface area contributed by atoms with Crippen molar-refractivity contribution in [1.29, 1.82) is 0 Å². The Balaban J connectivity index is 0.962. The van der Waals surface area contributed by atoms with Gasteiger partial charge in [-0.1, -0.05) is 76.3 Å². The van der Waals surface area contributed by atoms with Gasteiger partial charge in [-0.25, -0.2) is 14.6 Å². The van der Waals surface area contributed by atoms with Crippen molar-refractivity contribution in [2.45, 2.75) is 95.9 Å². The van der Waals surface area contributed by atoms with Crippen molar-refractivity contribution in [2.24, 2.45) is 21.8 Å². The van der Waals surface area contributed by atoms with Gasteiger partial charge >= 0.3 is 12.2 Å². The molecule has 3 heterocycles. The van der Waals surface area contributed by atoms with Gasteiger partial charge in [0.15, 0.2) is 0 Å². The van der Waals surface area contributed by atoms with E-state index in [2.05, 4.69) is 77.4 Å². The van der Waals surface area contributed by atoms with Crippen LogP contribution in [0.15, 0.2) is 70.2 Å². The van der Waals surface area contributed by atoms with Crippen molar-refractivity contribution in [1.82, 2.24) is 20.4 Å². The van der Waals surface area contributed by atoms with Crippen LogP contribution in [0.25, 0.3) is 23.3 Å². The molecule has 308 valence electrons. The molecule has 3 aliphatic carbocycles. The van der Waals surface area contributed by atoms with E-state index in [1.807, 2.05) is 43.7 Å². The summed E-state index contributed by atoms with van der Waals surface area (Å²) in [6.07, 6.45) is 16.3. The fraction of sp³-hybridized carbons (Fsp3) is 0.447. The monoisotopic (exact) mass is 798 g/mol. The average Bonchev–Trinajstić information content (AvgIpc) is 4.09. The number of hydrogen-bond donors (Lipinski definition) is 2. The SMILES string of the molecule is COC(=O)N[C@H](C(=O)N1CCCC1C1=CCC(c2ccc3c(c2)C=CC2C3=Cc3cc(C4C=NC(C5CCCN5C(=O)[C@@H](NC(=O)OC)C(C)C)=N4)ccc32)=C1)C(C)C. The van der Waals surface area contributed by atoms with Crippen molar-refractivity contribution in [3.63, 3.8) is 0 Å². The quantitative estimate of drug-likeness (QED) is 0.258. The molecule has 0 bridgehead atoms. The maximum atomic E-state index is 13.7. The molecule has 12 nitrogen and oxygen atoms in total. The van der Waals surface area contributed by atoms with E-state index >= 15 is 0 Å². The van der Waals surface area contributed by atoms with Gasteiger partial charge in [-0.2, -0.15) is 0 Å². The van der Waals surface area contributed by atoms with Crippen LogP contribution in [0.5, 0.6) is 0 Å². The van der Waals surface area contributed by atoms with E-state index in [1.54, 1.807) is 0 Å². The normalized spacial score (nSPS) is 23.6. The maximum absolute atomic E-state index is 13.7. The van der Waals surface area contributed by atoms with Crippen LogP contribution in [0.3, 0.4) is 0 Å². The van der Waals surface area contributed by atoms with Gasteiger partial charge in [0, 0.05) is 25.2 Å². The Kier molecular flexibility index (Phi) is 11.2. The number of ether oxygens (including phenoxy) is 2. The number of alkyl carbamates (subject to hydrolysis) is 2. The summed E-state index contributed by atoms with van der Waals surface area (Å²) in [7, 11) is 2.61. The number of benzene rings is 2. The number of amidine groups is 1. The van der Waals surface area contributed by atoms with Crippen molar-refractivity contribution >= 4 is 59.3 Å². The van der Waals surface area contributed by atoms with E-state index in [0.29, 0.717) is 18.9 Å². The Morgan fingerprint density at radius 3 is 2.12 bits per heavy atom. The number of rotatable bonds is 10. The summed E-state index contributed by atoms with van der Waals surface area (Å²) < 4.78 is 9.59. The van der Waals surface area contributed by atoms with Crippen LogP contribution in [0.1, 0.15) is 105 Å². The summed E-state index contributed by atoms with van der Waals surface area (Å²) in [5.74, 6) is 0.451. The van der Waals surface area contributed by atoms with Crippen molar-refractivity contribution in [2.75, 3.05) is 27.3 Å². The smallest absolute Gasteiger partial charge is 0.407 e. The lowest BCUT2D eigenvalue weighted by molar-refractivity contribution is -0.135. The Hall–Kier alpha value is -5.78. The van der Waals surface area contributed by atoms with Crippen molar-refractivity contribution < 1.29 is 28.7 Å². The number of aliphatic imine (C=N–C) groups is 2. The highest BCUT2D eigenvalue weighted by Gasteiger charge is 2.40. The second kappa shape index (κ2) is 16.5. The van der Waals surface area contributed by atoms with Gasteiger partial charge in [0.05, 0.1) is 26.3 Å². The Bertz CT molecular complexity index is 2250. The minimum Gasteiger partial charge on any atom is -0.453 e. The van der Waals surface area contributed by atoms with Gasteiger partial charge in [0.1, 0.15) is 24.0 Å². The Morgan fingerprint density at radius 1 is 0.797 bits per heavy atom. The molecular weight excluding hydrogens is 745 g/mol. The zero-order valence-corrected chi connectivity index (χ0v) is 34.7. The number of allylic oxidation sites excluding steroid dienone is 4. The second-order valence-electron chi connectivity index (χ2n) is 17.0. The summed E-state index contributed by atoms with van der Waals surface area (Å²) in [6.45, 7) is 8.95. The molecule has 6 atom stereocenters. The van der Waals surface area contributed by atoms with E-state index < -0.39 is 24.3 Å². The van der Waals surface area contributed by atoms with Gasteiger partial charge < -0.3 is 29.9 Å². The van der Waals surface area contributed by atoms with Crippen LogP contribution in [-0.4, -0.2) is 97.3 Å². The van der Waals surface area contributed by atoms with Crippen LogP contribution in [0, 0.1) is 11.8 Å². The first-order chi connectivity index (χ1) is 28.4. The van der Waals surface area contributed by atoms with Gasteiger partial charge in [-0.3, -0.25) is 14.6 Å². The van der Waals surface area contributed by atoms with E-state index in [0.717, 1.165) is 43.2 Å². The predicted molar refractivity (Wildman–Crippen MR) is 230 cm³/mol. The van der Waals surface area contributed by atoms with Crippen molar-refractivity contribution in [3.05, 3.63) is 93.6 Å². The van der Waals surface area contributed by atoms with Crippen LogP contribution < -0.4 is 10.6 Å². The van der Waals surface area contributed by atoms with Crippen LogP contribution in [0.4, 0.5) is 9.59 Å². The molecule has 2 aromatic rings. The first kappa shape index (κ1) is 40.0. The number of likely N-dealkylation sites (tertiary alicyclic amines) is 2. The third-order valence-corrected chi connectivity index (χ3v) is 12.7. The molecule has 4 unspecified atom stereocenters. The third-order valence-electron chi connectivity index (χ3n) is 12.7. The first-order valence-corrected chi connectivity index (χ1v) is 21.0. The minimum absolute atomic E-state index is 0.0141. The summed E-state index contributed by atoms with van der Waals surface area (Å²) in [5, 5.41) is 5.46. The summed E-state index contributed by atoms with van der Waals surface area (Å²) in [4.78, 5) is 64.9. The van der Waals surface area contributed by atoms with Gasteiger partial charge in [-0.05, 0) is 112 Å². The molecule has 0 saturated carbocycles. The highest BCUT2D eigenvalue weighted by atomic mass is 16.5. The molecule has 6 aliphatic rings. The van der Waals surface area contributed by atoms with Crippen LogP contribution in [0.2, 0.25) is 0 Å². The zero-order valence-electron chi connectivity index (χ0n) is 34.7. The van der Waals surface area contributed by atoms with E-state index in [4.69, 9.17) is 19.5 Å². The lowest BCUT2D eigenvalue weighted by Crippen LogP contribution is -2.53. The van der Waals surface area contributed by atoms with Gasteiger partial charge in [-0.15, -0.1) is 0 Å². The highest BCUT2D eigenvalue weighted by molar-refractivity contribution is 6.03. The largest absolute Gasteiger partial charge is 0.453 e. The number of carbonyl (C=O) groups excluding carboxylic acids is 4. The fourth-order valence-corrected chi connectivity index (χ4v) is 9.53. The fourth-order valence-electron chi connectivity index (χ4n) is 9.53. The number of hydrogen-bond acceptors (Lipinski definition) is 8. The van der Waals surface area contributed by atoms with E-state index in [9.17, 15) is 19.2 Å². The lowest BCUT2D eigenvalue weighted by Gasteiger charge is -2.31. The molecule has 4 amide bonds. The molecule has 2 N–H and O–H groups in total. The molecule has 2 saturated heterocycles. The molecule has 0 radical (unpaired) electrons. The van der Waals surface area contributed by atoms with Gasteiger partial charge in [0.2, 0.25) is 11.8 Å². The number of amides is 4. The molecule has 0 spiro atoms. The topological polar surface area (TPSA) is 142 Å². The van der Waals surface area contributed by atoms with Gasteiger partial charge in [0.25, 0.3) is 0 Å². The second-order valence-corrected chi connectivity index (χ2v) is 17.0. The Labute approximate surface area is 346 Å². The molecule has 0 aromatic heterocycles. The molecule has 8 rings (SSSR count). The number of nitrogens with one attached hydrogen (secondary N) is 2. The number of fused-ring (bicyclic) bond motifs is 5. The molecule has 59 heavy (non-hydrogen) atoms. The molecule has 2 aromatic carbocycles. The maximum Gasteiger partial charge on any atom is 0.407 e. The van der Waals surface area contributed by atoms with Crippen molar-refractivity contribution in [3.8, 4) is 0 Å². The van der Waals surface area contributed by atoms with Crippen LogP contribution in [-0.2, 0) is 19.1 Å². The lowest BCUT2D eigenvalue weighted by atomic mass is 9.83. The standard InChI is InChI=1S/C47H54N6O6/c1-26(2)41(50-46(56)58-5)44(54)52-19-7-9-39(52)32-12-11-28(22-32)29-13-16-34-30(21-29)14-18-36-35-17-15-31(23-33(35)24-37(34)36)38-25-48-43(49-38)40-10-8-20-53(40)45(55)42(27(3)4)51-47(57)59-6/h12-18,21-27,36,38-42H,7-11,19-20H2,1-6H3,(H,50,56)(H,51,57)/t36?,38?,39?,40?,41-,42-/m0/s1. The minimum atomic E-state index is -0.692. The van der Waals surface area contributed by atoms with E-state index in [-0.39, 0.29) is 47.7 Å². The molecule has 3 aliphatic heterocycles. The Morgan fingerprint density at radius 2 is 1.46 bits per heavy atom. The summed E-state index contributed by atoms with van der Waals surface area (Å²) in [6, 6.07) is 11.5. The van der Waals surface area contributed by atoms with E-state index in [1.165, 1.54) is 53.2 Å². The highest BCUT2D eigenvalue weighted by Crippen LogP contribution is 2.48. The van der Waals surface area contributed by atoms with Crippen LogP contribution >= 0.6 is 0 Å². The predicted octanol–water partition coefficient (Wildman–Crippen LogP) is 7.33. The number of carbonyl (C=O) groups is 4. The molecule has 2 fully saturated rings. The average molecular weight is 799 g/mol. The number of methoxy groups -OCH3 is 2. The summed E-state index contributed by atoms with van der Waals surface area (Å²) >= 11 is 0. The summed E-state index contributed by atoms with van der Waals surface area (Å²) in [5.41, 5.74) is 10.8. The molecule has 12 heteroatoms. The number of nitrogens with zero attached hydrogens (tertiary/aromatic N) is 4. The third kappa shape index (κ3) is 7.65. The molecular formula is C47H54N6O6. The zero-order chi connectivity index (χ0) is 41.5. The first-order valence-electron chi connectivity index (χ1n) is 21.0.